The quantitative estimate of drug-likeness (QED) is 0.764. The van der Waals surface area contributed by atoms with E-state index in [-0.39, 0.29) is 5.28 Å². The summed E-state index contributed by atoms with van der Waals surface area (Å²) in [6, 6.07) is 0. The van der Waals surface area contributed by atoms with Crippen molar-refractivity contribution in [2.75, 3.05) is 44.3 Å². The van der Waals surface area contributed by atoms with Crippen LogP contribution in [0.4, 0.5) is 5.82 Å². The van der Waals surface area contributed by atoms with Gasteiger partial charge in [-0.1, -0.05) is 0 Å². The van der Waals surface area contributed by atoms with Gasteiger partial charge in [-0.25, -0.2) is 4.98 Å². The average molecular weight is 395 g/mol. The first-order valence-corrected chi connectivity index (χ1v) is 9.97. The second kappa shape index (κ2) is 7.50. The van der Waals surface area contributed by atoms with Crippen LogP contribution in [0.25, 0.3) is 11.2 Å². The third kappa shape index (κ3) is 4.18. The van der Waals surface area contributed by atoms with Crippen molar-refractivity contribution < 1.29 is 9.84 Å². The molecule has 2 N–H and O–H groups in total. The van der Waals surface area contributed by atoms with Gasteiger partial charge in [0.2, 0.25) is 5.28 Å². The molecule has 2 aliphatic heterocycles. The predicted octanol–water partition coefficient (Wildman–Crippen LogP) is 1.83. The molecule has 2 saturated heterocycles. The lowest BCUT2D eigenvalue weighted by Gasteiger charge is -2.37. The number of nitrogens with one attached hydrogen (secondary N) is 1. The molecule has 2 fully saturated rings. The highest BCUT2D eigenvalue weighted by molar-refractivity contribution is 6.28. The number of aromatic nitrogens is 4. The van der Waals surface area contributed by atoms with Crippen molar-refractivity contribution in [1.82, 2.24) is 24.8 Å². The predicted molar refractivity (Wildman–Crippen MR) is 104 cm³/mol. The highest BCUT2D eigenvalue weighted by atomic mass is 35.5. The van der Waals surface area contributed by atoms with E-state index in [1.807, 2.05) is 13.8 Å². The van der Waals surface area contributed by atoms with Crippen LogP contribution >= 0.6 is 11.6 Å². The number of aromatic amines is 1. The average Bonchev–Trinajstić information content (AvgIpc) is 3.03. The van der Waals surface area contributed by atoms with E-state index in [9.17, 15) is 5.11 Å². The van der Waals surface area contributed by atoms with Gasteiger partial charge < -0.3 is 19.7 Å². The number of anilines is 1. The summed E-state index contributed by atoms with van der Waals surface area (Å²) >= 11 is 6.14. The molecule has 0 radical (unpaired) electrons. The minimum atomic E-state index is -0.606. The summed E-state index contributed by atoms with van der Waals surface area (Å²) in [6.07, 6.45) is 1.99. The number of piperidine rings is 1. The molecule has 0 bridgehead atoms. The first kappa shape index (κ1) is 18.9. The Morgan fingerprint density at radius 2 is 1.85 bits per heavy atom. The van der Waals surface area contributed by atoms with Gasteiger partial charge in [-0.15, -0.1) is 0 Å². The summed E-state index contributed by atoms with van der Waals surface area (Å²) in [4.78, 5) is 21.3. The first-order chi connectivity index (χ1) is 12.9. The van der Waals surface area contributed by atoms with Crippen molar-refractivity contribution in [1.29, 1.82) is 0 Å². The molecule has 0 saturated carbocycles. The Labute approximate surface area is 163 Å². The van der Waals surface area contributed by atoms with Gasteiger partial charge in [0.15, 0.2) is 17.0 Å². The fourth-order valence-electron chi connectivity index (χ4n) is 3.99. The lowest BCUT2D eigenvalue weighted by atomic mass is 9.83. The van der Waals surface area contributed by atoms with E-state index in [0.29, 0.717) is 24.8 Å². The number of imidazole rings is 1. The Balaban J connectivity index is 1.50. The Morgan fingerprint density at radius 3 is 2.52 bits per heavy atom. The Kier molecular flexibility index (Phi) is 5.24. The molecule has 0 spiro atoms. The number of nitrogens with zero attached hydrogens (tertiary/aromatic N) is 5. The van der Waals surface area contributed by atoms with Crippen LogP contribution in [0.15, 0.2) is 0 Å². The molecule has 4 rings (SSSR count). The molecule has 0 aliphatic carbocycles. The third-order valence-electron chi connectivity index (χ3n) is 5.62. The van der Waals surface area contributed by atoms with Crippen LogP contribution < -0.4 is 4.90 Å². The van der Waals surface area contributed by atoms with E-state index in [1.54, 1.807) is 0 Å². The zero-order chi connectivity index (χ0) is 19.0. The van der Waals surface area contributed by atoms with Crippen LogP contribution in [0.2, 0.25) is 5.28 Å². The first-order valence-electron chi connectivity index (χ1n) is 9.60. The maximum absolute atomic E-state index is 10.2. The molecule has 9 heteroatoms. The number of hydrogen-bond donors (Lipinski definition) is 2. The van der Waals surface area contributed by atoms with Crippen molar-refractivity contribution >= 4 is 28.6 Å². The van der Waals surface area contributed by atoms with Crippen molar-refractivity contribution in [2.45, 2.75) is 38.8 Å². The molecule has 2 aliphatic rings. The number of hydrogen-bond acceptors (Lipinski definition) is 7. The lowest BCUT2D eigenvalue weighted by Crippen LogP contribution is -2.41. The summed E-state index contributed by atoms with van der Waals surface area (Å²) in [5.41, 5.74) is 0.839. The minimum Gasteiger partial charge on any atom is -0.390 e. The fourth-order valence-corrected chi connectivity index (χ4v) is 4.15. The largest absolute Gasteiger partial charge is 0.390 e. The van der Waals surface area contributed by atoms with Crippen molar-refractivity contribution in [3.8, 4) is 0 Å². The van der Waals surface area contributed by atoms with Gasteiger partial charge in [0.05, 0.1) is 25.4 Å². The molecule has 4 heterocycles. The van der Waals surface area contributed by atoms with Gasteiger partial charge in [-0.2, -0.15) is 9.97 Å². The van der Waals surface area contributed by atoms with E-state index < -0.39 is 5.60 Å². The van der Waals surface area contributed by atoms with E-state index in [4.69, 9.17) is 21.3 Å². The van der Waals surface area contributed by atoms with Gasteiger partial charge in [-0.3, -0.25) is 4.90 Å². The molecule has 8 nitrogen and oxygen atoms in total. The zero-order valence-electron chi connectivity index (χ0n) is 15.9. The van der Waals surface area contributed by atoms with Crippen LogP contribution in [0.3, 0.4) is 0 Å². The topological polar surface area (TPSA) is 90.4 Å². The molecule has 2 aromatic rings. The molecule has 148 valence electrons. The molecular weight excluding hydrogens is 368 g/mol. The second-order valence-corrected chi connectivity index (χ2v) is 8.34. The van der Waals surface area contributed by atoms with E-state index >= 15 is 0 Å². The molecular formula is C18H27ClN6O2. The second-order valence-electron chi connectivity index (χ2n) is 8.00. The van der Waals surface area contributed by atoms with Crippen LogP contribution in [0, 0.1) is 5.92 Å². The van der Waals surface area contributed by atoms with Crippen LogP contribution in [-0.2, 0) is 11.3 Å². The molecule has 0 unspecified atom stereocenters. The van der Waals surface area contributed by atoms with E-state index in [0.717, 1.165) is 62.7 Å². The van der Waals surface area contributed by atoms with Gasteiger partial charge in [-0.05, 0) is 57.3 Å². The number of rotatable bonds is 4. The van der Waals surface area contributed by atoms with Gasteiger partial charge >= 0.3 is 0 Å². The maximum atomic E-state index is 10.2. The number of likely N-dealkylation sites (tertiary alicyclic amines) is 1. The van der Waals surface area contributed by atoms with Crippen molar-refractivity contribution in [2.24, 2.45) is 5.92 Å². The highest BCUT2D eigenvalue weighted by Gasteiger charge is 2.30. The summed E-state index contributed by atoms with van der Waals surface area (Å²) in [5, 5.41) is 10.4. The lowest BCUT2D eigenvalue weighted by molar-refractivity contribution is -0.0138. The summed E-state index contributed by atoms with van der Waals surface area (Å²) in [7, 11) is 0. The molecule has 0 aromatic carbocycles. The standard InChI is InChI=1S/C18H27ClN6O2/c1-18(2,26)12-3-5-24(6-4-12)11-13-20-14-15(21-13)22-17(19)23-16(14)25-7-9-27-10-8-25/h12,26H,3-11H2,1-2H3,(H,20,21,22,23). The third-order valence-corrected chi connectivity index (χ3v) is 5.79. The molecule has 2 aromatic heterocycles. The summed E-state index contributed by atoms with van der Waals surface area (Å²) in [6.45, 7) is 9.35. The Morgan fingerprint density at radius 1 is 1.15 bits per heavy atom. The van der Waals surface area contributed by atoms with Gasteiger partial charge in [0, 0.05) is 13.1 Å². The summed E-state index contributed by atoms with van der Waals surface area (Å²) < 4.78 is 5.43. The number of ether oxygens (including phenoxy) is 1. The molecule has 0 atom stereocenters. The van der Waals surface area contributed by atoms with E-state index in [1.165, 1.54) is 0 Å². The van der Waals surface area contributed by atoms with Crippen molar-refractivity contribution in [3.63, 3.8) is 0 Å². The molecule has 0 amide bonds. The number of morpholine rings is 1. The van der Waals surface area contributed by atoms with Crippen LogP contribution in [0.5, 0.6) is 0 Å². The van der Waals surface area contributed by atoms with Crippen LogP contribution in [-0.4, -0.2) is 74.9 Å². The smallest absolute Gasteiger partial charge is 0.226 e. The SMILES string of the molecule is CC(C)(O)C1CCN(Cc2nc3c(N4CCOCC4)nc(Cl)nc3[nH]2)CC1. The Hall–Kier alpha value is -1.48. The number of aliphatic hydroxyl groups is 1. The van der Waals surface area contributed by atoms with Gasteiger partial charge in [0.1, 0.15) is 5.82 Å². The Bertz CT molecular complexity index is 791. The van der Waals surface area contributed by atoms with E-state index in [2.05, 4.69) is 24.8 Å². The monoisotopic (exact) mass is 394 g/mol. The summed E-state index contributed by atoms with van der Waals surface area (Å²) in [5.74, 6) is 2.00. The minimum absolute atomic E-state index is 0.227. The zero-order valence-corrected chi connectivity index (χ0v) is 16.7. The van der Waals surface area contributed by atoms with Gasteiger partial charge in [0.25, 0.3) is 0 Å². The molecule has 27 heavy (non-hydrogen) atoms. The fraction of sp³-hybridized carbons (Fsp3) is 0.722. The highest BCUT2D eigenvalue weighted by Crippen LogP contribution is 2.29. The number of fused-ring (bicyclic) bond motifs is 1. The maximum Gasteiger partial charge on any atom is 0.226 e. The van der Waals surface area contributed by atoms with Crippen molar-refractivity contribution in [3.05, 3.63) is 11.1 Å². The number of H-pyrrole nitrogens is 1. The van der Waals surface area contributed by atoms with Crippen LogP contribution in [0.1, 0.15) is 32.5 Å². The normalized spacial score (nSPS) is 20.5. The number of halogens is 1.